The molecule has 0 saturated carbocycles. The van der Waals surface area contributed by atoms with Crippen molar-refractivity contribution in [1.82, 2.24) is 14.3 Å². The number of nitrogen functional groups attached to an aromatic ring is 1. The second-order valence-corrected chi connectivity index (χ2v) is 11.3. The van der Waals surface area contributed by atoms with Crippen molar-refractivity contribution in [3.05, 3.63) is 40.9 Å². The summed E-state index contributed by atoms with van der Waals surface area (Å²) in [6.07, 6.45) is 0.314. The van der Waals surface area contributed by atoms with Crippen LogP contribution in [0.15, 0.2) is 34.6 Å². The number of primary amides is 1. The number of amides is 2. The van der Waals surface area contributed by atoms with E-state index < -0.39 is 28.9 Å². The largest absolute Gasteiger partial charge is 0.477 e. The lowest BCUT2D eigenvalue weighted by Crippen LogP contribution is -2.54. The molecule has 228 valence electrons. The maximum absolute atomic E-state index is 12.6. The molecular formula is C24H24N6O10S3. The fourth-order valence-corrected chi connectivity index (χ4v) is 6.22. The molecule has 2 aliphatic rings. The molecule has 0 radical (unpaired) electrons. The van der Waals surface area contributed by atoms with Crippen LogP contribution in [0.3, 0.4) is 0 Å². The number of carbonyl (C=O) groups excluding carboxylic acids is 5. The predicted octanol–water partition coefficient (Wildman–Crippen LogP) is 1.01. The molecular weight excluding hydrogens is 628 g/mol. The van der Waals surface area contributed by atoms with E-state index in [1.54, 1.807) is 0 Å². The Hall–Kier alpha value is -4.49. The summed E-state index contributed by atoms with van der Waals surface area (Å²) in [6, 6.07) is 4.04. The van der Waals surface area contributed by atoms with Gasteiger partial charge in [0.15, 0.2) is 16.6 Å². The first-order valence-corrected chi connectivity index (χ1v) is 14.7. The SMILES string of the molecule is CC(=O)Oc1ccc(C(=O)SCC2=C(C(=O)O)N3C(=O)C[C@@H]3SC2)cc1OC(C)=O.CON=C(C(N)=O)c1nsc(N)n1. The van der Waals surface area contributed by atoms with Gasteiger partial charge < -0.3 is 30.9 Å². The lowest BCUT2D eigenvalue weighted by molar-refractivity contribution is -0.146. The predicted molar refractivity (Wildman–Crippen MR) is 155 cm³/mol. The van der Waals surface area contributed by atoms with E-state index in [9.17, 15) is 33.9 Å². The number of nitrogens with zero attached hydrogens (tertiary/aromatic N) is 4. The first-order chi connectivity index (χ1) is 20.3. The Morgan fingerprint density at radius 1 is 1.16 bits per heavy atom. The molecule has 1 fully saturated rings. The molecule has 16 nitrogen and oxygen atoms in total. The van der Waals surface area contributed by atoms with E-state index >= 15 is 0 Å². The molecule has 5 N–H and O–H groups in total. The van der Waals surface area contributed by atoms with Crippen LogP contribution < -0.4 is 20.9 Å². The van der Waals surface area contributed by atoms with Gasteiger partial charge in [0.05, 0.1) is 11.8 Å². The summed E-state index contributed by atoms with van der Waals surface area (Å²) in [5.41, 5.74) is 10.8. The molecule has 0 unspecified atom stereocenters. The van der Waals surface area contributed by atoms with Gasteiger partial charge in [-0.05, 0) is 23.8 Å². The Labute approximate surface area is 255 Å². The van der Waals surface area contributed by atoms with E-state index in [1.807, 2.05) is 0 Å². The molecule has 2 aliphatic heterocycles. The Bertz CT molecular complexity index is 1540. The standard InChI is InChI=1S/C19H17NO8S2.C5H7N5O2S/c1-9(21)27-13-4-3-11(5-14(13)28-10(2)22)19(26)30-8-12-7-29-16-6-15(23)20(16)17(12)18(24)25;1-12-9-2(3(6)11)4-8-5(7)13-10-4/h3-5,16H,6-8H2,1-2H3,(H,24,25);1H3,(H2,6,11)(H2,7,8,10)/t16-;/m0./s1. The van der Waals surface area contributed by atoms with E-state index in [-0.39, 0.29) is 56.5 Å². The van der Waals surface area contributed by atoms with Crippen LogP contribution in [0.2, 0.25) is 0 Å². The number of nitrogens with two attached hydrogens (primary N) is 2. The molecule has 0 spiro atoms. The number of rotatable bonds is 9. The first-order valence-electron chi connectivity index (χ1n) is 11.9. The summed E-state index contributed by atoms with van der Waals surface area (Å²) in [6.45, 7) is 2.36. The van der Waals surface area contributed by atoms with Gasteiger partial charge in [0.25, 0.3) is 5.91 Å². The second-order valence-electron chi connectivity index (χ2n) is 8.36. The summed E-state index contributed by atoms with van der Waals surface area (Å²) >= 11 is 3.29. The summed E-state index contributed by atoms with van der Waals surface area (Å²) in [5, 5.41) is 12.6. The van der Waals surface area contributed by atoms with Crippen LogP contribution in [-0.2, 0) is 28.8 Å². The number of ether oxygens (including phenoxy) is 2. The third-order valence-electron chi connectivity index (χ3n) is 5.27. The van der Waals surface area contributed by atoms with Crippen molar-refractivity contribution in [2.45, 2.75) is 25.6 Å². The number of aliphatic carboxylic acids is 1. The van der Waals surface area contributed by atoms with Crippen LogP contribution in [0.5, 0.6) is 11.5 Å². The highest BCUT2D eigenvalue weighted by Gasteiger charge is 2.45. The van der Waals surface area contributed by atoms with Crippen molar-refractivity contribution in [2.75, 3.05) is 24.3 Å². The van der Waals surface area contributed by atoms with Gasteiger partial charge in [-0.3, -0.25) is 28.9 Å². The van der Waals surface area contributed by atoms with Crippen molar-refractivity contribution >= 4 is 80.7 Å². The fourth-order valence-electron chi connectivity index (χ4n) is 3.55. The molecule has 1 atom stereocenters. The number of carboxylic acids is 1. The topological polar surface area (TPSA) is 244 Å². The average molecular weight is 653 g/mol. The zero-order valence-corrected chi connectivity index (χ0v) is 25.2. The van der Waals surface area contributed by atoms with Crippen molar-refractivity contribution in [1.29, 1.82) is 0 Å². The number of β-lactam (4-membered cyclic amide) rings is 1. The van der Waals surface area contributed by atoms with Crippen LogP contribution in [0.1, 0.15) is 36.5 Å². The Kier molecular flexibility index (Phi) is 11.2. The van der Waals surface area contributed by atoms with E-state index in [0.717, 1.165) is 23.3 Å². The number of carbonyl (C=O) groups is 6. The van der Waals surface area contributed by atoms with Crippen LogP contribution in [-0.4, -0.2) is 83.9 Å². The van der Waals surface area contributed by atoms with Crippen LogP contribution >= 0.6 is 35.1 Å². The quantitative estimate of drug-likeness (QED) is 0.112. The summed E-state index contributed by atoms with van der Waals surface area (Å²) in [7, 11) is 1.29. The molecule has 1 aromatic carbocycles. The van der Waals surface area contributed by atoms with Crippen molar-refractivity contribution in [2.24, 2.45) is 10.9 Å². The third kappa shape index (κ3) is 8.52. The highest BCUT2D eigenvalue weighted by molar-refractivity contribution is 8.14. The van der Waals surface area contributed by atoms with E-state index in [0.29, 0.717) is 17.7 Å². The molecule has 3 heterocycles. The second kappa shape index (κ2) is 14.6. The Morgan fingerprint density at radius 3 is 2.37 bits per heavy atom. The van der Waals surface area contributed by atoms with Gasteiger partial charge >= 0.3 is 17.9 Å². The van der Waals surface area contributed by atoms with Gasteiger partial charge in [0, 0.05) is 42.4 Å². The van der Waals surface area contributed by atoms with Gasteiger partial charge in [-0.1, -0.05) is 16.9 Å². The average Bonchev–Trinajstić information content (AvgIpc) is 3.35. The van der Waals surface area contributed by atoms with Gasteiger partial charge in [0.1, 0.15) is 12.8 Å². The number of fused-ring (bicyclic) bond motifs is 1. The monoisotopic (exact) mass is 652 g/mol. The van der Waals surface area contributed by atoms with Crippen LogP contribution in [0.4, 0.5) is 5.13 Å². The zero-order valence-electron chi connectivity index (χ0n) is 22.7. The minimum atomic E-state index is -1.20. The number of esters is 2. The smallest absolute Gasteiger partial charge is 0.352 e. The third-order valence-corrected chi connectivity index (χ3v) is 8.08. The number of thioether (sulfide) groups is 2. The van der Waals surface area contributed by atoms with Gasteiger partial charge in [-0.2, -0.15) is 9.36 Å². The molecule has 2 amide bonds. The number of oxime groups is 1. The normalized spacial score (nSPS) is 15.8. The highest BCUT2D eigenvalue weighted by Crippen LogP contribution is 2.41. The maximum Gasteiger partial charge on any atom is 0.352 e. The lowest BCUT2D eigenvalue weighted by Gasteiger charge is -2.43. The lowest BCUT2D eigenvalue weighted by atomic mass is 10.1. The summed E-state index contributed by atoms with van der Waals surface area (Å²) < 4.78 is 13.7. The van der Waals surface area contributed by atoms with Crippen LogP contribution in [0, 0.1) is 0 Å². The molecule has 0 aliphatic carbocycles. The number of hydrogen-bond acceptors (Lipinski definition) is 16. The molecule has 4 rings (SSSR count). The summed E-state index contributed by atoms with van der Waals surface area (Å²) in [5.74, 6) is -2.94. The number of anilines is 1. The van der Waals surface area contributed by atoms with Crippen LogP contribution in [0.25, 0.3) is 0 Å². The van der Waals surface area contributed by atoms with Gasteiger partial charge in [-0.25, -0.2) is 4.79 Å². The van der Waals surface area contributed by atoms with E-state index in [1.165, 1.54) is 55.8 Å². The first kappa shape index (κ1) is 33.0. The number of aromatic nitrogens is 2. The molecule has 0 bridgehead atoms. The molecule has 2 aromatic rings. The fraction of sp³-hybridized carbons (Fsp3) is 0.292. The number of hydrogen-bond donors (Lipinski definition) is 3. The van der Waals surface area contributed by atoms with E-state index in [2.05, 4.69) is 19.4 Å². The van der Waals surface area contributed by atoms with Gasteiger partial charge in [-0.15, -0.1) is 11.8 Å². The molecule has 19 heteroatoms. The molecule has 43 heavy (non-hydrogen) atoms. The molecule has 1 saturated heterocycles. The Balaban J connectivity index is 0.000000326. The highest BCUT2D eigenvalue weighted by atomic mass is 32.2. The number of benzene rings is 1. The van der Waals surface area contributed by atoms with Crippen molar-refractivity contribution < 1.29 is 48.2 Å². The van der Waals surface area contributed by atoms with Crippen molar-refractivity contribution in [3.8, 4) is 11.5 Å². The maximum atomic E-state index is 12.6. The van der Waals surface area contributed by atoms with E-state index in [4.69, 9.17) is 20.9 Å². The Morgan fingerprint density at radius 2 is 1.84 bits per heavy atom. The summed E-state index contributed by atoms with van der Waals surface area (Å²) in [4.78, 5) is 78.7. The number of carboxylic acid groups (broad SMARTS) is 1. The molecule has 1 aromatic heterocycles. The zero-order chi connectivity index (χ0) is 31.8. The minimum absolute atomic E-state index is 0.00106. The minimum Gasteiger partial charge on any atom is -0.477 e. The van der Waals surface area contributed by atoms with Crippen molar-refractivity contribution in [3.63, 3.8) is 0 Å². The van der Waals surface area contributed by atoms with Gasteiger partial charge in [0.2, 0.25) is 22.6 Å².